The van der Waals surface area contributed by atoms with Crippen LogP contribution in [0.3, 0.4) is 0 Å². The normalized spacial score (nSPS) is 23.0. The van der Waals surface area contributed by atoms with Crippen LogP contribution in [0, 0.1) is 6.92 Å². The van der Waals surface area contributed by atoms with Gasteiger partial charge >= 0.3 is 11.9 Å². The molecule has 9 heteroatoms. The van der Waals surface area contributed by atoms with Crippen molar-refractivity contribution in [3.63, 3.8) is 0 Å². The van der Waals surface area contributed by atoms with Gasteiger partial charge in [-0.05, 0) is 18.6 Å². The van der Waals surface area contributed by atoms with Crippen molar-refractivity contribution in [3.8, 4) is 0 Å². The molecule has 0 aliphatic carbocycles. The van der Waals surface area contributed by atoms with Gasteiger partial charge in [0.05, 0.1) is 12.3 Å². The van der Waals surface area contributed by atoms with Gasteiger partial charge in [-0.3, -0.25) is 9.59 Å². The van der Waals surface area contributed by atoms with Crippen LogP contribution in [0.2, 0.25) is 5.15 Å². The first-order valence-corrected chi connectivity index (χ1v) is 8.19. The summed E-state index contributed by atoms with van der Waals surface area (Å²) < 4.78 is 17.8. The summed E-state index contributed by atoms with van der Waals surface area (Å²) in [5, 5.41) is 5.51. The van der Waals surface area contributed by atoms with Gasteiger partial charge in [0.2, 0.25) is 0 Å². The highest BCUT2D eigenvalue weighted by Crippen LogP contribution is 2.34. The number of hydrogen-bond acceptors (Lipinski definition) is 7. The Morgan fingerprint density at radius 2 is 2.16 bits per heavy atom. The Morgan fingerprint density at radius 1 is 1.40 bits per heavy atom. The van der Waals surface area contributed by atoms with E-state index in [0.717, 1.165) is 10.9 Å². The summed E-state index contributed by atoms with van der Waals surface area (Å²) in [6, 6.07) is 1.75. The maximum Gasteiger partial charge on any atom is 0.303 e. The Balaban J connectivity index is 1.92. The number of esters is 2. The van der Waals surface area contributed by atoms with Crippen molar-refractivity contribution in [1.29, 1.82) is 0 Å². The van der Waals surface area contributed by atoms with E-state index in [9.17, 15) is 9.59 Å². The number of hydrogen-bond donors (Lipinski definition) is 0. The maximum atomic E-state index is 11.4. The minimum absolute atomic E-state index is 0.0794. The number of carbonyl (C=O) groups is 2. The van der Waals surface area contributed by atoms with E-state index in [4.69, 9.17) is 25.8 Å². The van der Waals surface area contributed by atoms with Crippen LogP contribution in [0.25, 0.3) is 11.0 Å². The van der Waals surface area contributed by atoms with Gasteiger partial charge in [-0.1, -0.05) is 11.6 Å². The molecule has 0 spiro atoms. The molecule has 0 N–H and O–H groups in total. The number of aryl methyl sites for hydroxylation is 1. The van der Waals surface area contributed by atoms with Crippen molar-refractivity contribution in [2.45, 2.75) is 45.6 Å². The van der Waals surface area contributed by atoms with Gasteiger partial charge in [0.25, 0.3) is 0 Å². The molecule has 3 heterocycles. The summed E-state index contributed by atoms with van der Waals surface area (Å²) in [6.45, 7) is 4.64. The van der Waals surface area contributed by atoms with Gasteiger partial charge in [0, 0.05) is 25.7 Å². The van der Waals surface area contributed by atoms with Gasteiger partial charge in [-0.15, -0.1) is 0 Å². The monoisotopic (exact) mass is 367 g/mol. The number of rotatable bonds is 4. The van der Waals surface area contributed by atoms with Crippen LogP contribution < -0.4 is 0 Å². The SMILES string of the molecule is CC(=O)OCC1C[C@@H](OC(C)=O)[C@H](n2ncc3c(C)cc(Cl)nc32)O1. The van der Waals surface area contributed by atoms with Crippen LogP contribution in [0.4, 0.5) is 0 Å². The molecule has 3 atom stereocenters. The summed E-state index contributed by atoms with van der Waals surface area (Å²) in [6.07, 6.45) is 0.410. The number of pyridine rings is 1. The Bertz CT molecular complexity index is 821. The molecule has 2 aromatic rings. The van der Waals surface area contributed by atoms with Crippen LogP contribution in [-0.4, -0.2) is 45.5 Å². The van der Waals surface area contributed by atoms with E-state index in [0.29, 0.717) is 17.2 Å². The number of nitrogens with zero attached hydrogens (tertiary/aromatic N) is 3. The lowest BCUT2D eigenvalue weighted by atomic mass is 10.2. The zero-order chi connectivity index (χ0) is 18.1. The molecule has 25 heavy (non-hydrogen) atoms. The first kappa shape index (κ1) is 17.6. The predicted molar refractivity (Wildman–Crippen MR) is 88.0 cm³/mol. The highest BCUT2D eigenvalue weighted by molar-refractivity contribution is 6.29. The summed E-state index contributed by atoms with van der Waals surface area (Å²) in [7, 11) is 0. The second-order valence-electron chi connectivity index (χ2n) is 5.92. The smallest absolute Gasteiger partial charge is 0.303 e. The quantitative estimate of drug-likeness (QED) is 0.604. The van der Waals surface area contributed by atoms with Gasteiger partial charge in [-0.25, -0.2) is 9.67 Å². The molecule has 1 aliphatic rings. The van der Waals surface area contributed by atoms with Crippen LogP contribution in [0.15, 0.2) is 12.3 Å². The molecule has 2 aromatic heterocycles. The molecule has 0 aromatic carbocycles. The molecule has 1 saturated heterocycles. The molecule has 0 saturated carbocycles. The van der Waals surface area contributed by atoms with Crippen molar-refractivity contribution < 1.29 is 23.8 Å². The number of carbonyl (C=O) groups excluding carboxylic acids is 2. The lowest BCUT2D eigenvalue weighted by molar-refractivity contribution is -0.153. The first-order valence-electron chi connectivity index (χ1n) is 7.81. The minimum Gasteiger partial charge on any atom is -0.463 e. The van der Waals surface area contributed by atoms with Crippen LogP contribution in [0.5, 0.6) is 0 Å². The molecule has 0 amide bonds. The lowest BCUT2D eigenvalue weighted by Gasteiger charge is -2.19. The molecule has 3 rings (SSSR count). The molecule has 1 fully saturated rings. The van der Waals surface area contributed by atoms with Crippen molar-refractivity contribution in [3.05, 3.63) is 23.0 Å². The van der Waals surface area contributed by atoms with E-state index in [-0.39, 0.29) is 6.61 Å². The van der Waals surface area contributed by atoms with E-state index in [1.165, 1.54) is 13.8 Å². The maximum absolute atomic E-state index is 11.4. The molecule has 1 aliphatic heterocycles. The molecule has 0 bridgehead atoms. The second kappa shape index (κ2) is 6.97. The van der Waals surface area contributed by atoms with Crippen LogP contribution >= 0.6 is 11.6 Å². The summed E-state index contributed by atoms with van der Waals surface area (Å²) >= 11 is 6.06. The number of fused-ring (bicyclic) bond motifs is 1. The van der Waals surface area contributed by atoms with Gasteiger partial charge in [0.15, 0.2) is 18.0 Å². The van der Waals surface area contributed by atoms with Crippen molar-refractivity contribution in [2.75, 3.05) is 6.61 Å². The fourth-order valence-corrected chi connectivity index (χ4v) is 3.13. The predicted octanol–water partition coefficient (Wildman–Crippen LogP) is 2.18. The second-order valence-corrected chi connectivity index (χ2v) is 6.31. The van der Waals surface area contributed by atoms with Gasteiger partial charge in [-0.2, -0.15) is 5.10 Å². The van der Waals surface area contributed by atoms with E-state index in [2.05, 4.69) is 10.1 Å². The fraction of sp³-hybridized carbons (Fsp3) is 0.500. The van der Waals surface area contributed by atoms with Crippen LogP contribution in [-0.2, 0) is 23.8 Å². The number of halogens is 1. The molecule has 134 valence electrons. The third-order valence-corrected chi connectivity index (χ3v) is 4.11. The Kier molecular flexibility index (Phi) is 4.91. The fourth-order valence-electron chi connectivity index (χ4n) is 2.89. The Hall–Kier alpha value is -2.19. The summed E-state index contributed by atoms with van der Waals surface area (Å²) in [4.78, 5) is 26.8. The van der Waals surface area contributed by atoms with E-state index in [1.54, 1.807) is 16.9 Å². The van der Waals surface area contributed by atoms with E-state index < -0.39 is 30.4 Å². The topological polar surface area (TPSA) is 92.5 Å². The Morgan fingerprint density at radius 3 is 2.84 bits per heavy atom. The zero-order valence-corrected chi connectivity index (χ0v) is 14.8. The summed E-state index contributed by atoms with van der Waals surface area (Å²) in [5.74, 6) is -0.824. The Labute approximate surface area is 149 Å². The van der Waals surface area contributed by atoms with E-state index in [1.807, 2.05) is 6.92 Å². The minimum atomic E-state index is -0.674. The first-order chi connectivity index (χ1) is 11.8. The third-order valence-electron chi connectivity index (χ3n) is 3.92. The standard InChI is InChI=1S/C16H18ClN3O5/c1-8-4-14(17)19-15-12(8)6-18-20(15)16-13(24-10(3)22)5-11(25-16)7-23-9(2)21/h4,6,11,13,16H,5,7H2,1-3H3/t11?,13-,16-/m1/s1. The van der Waals surface area contributed by atoms with E-state index >= 15 is 0 Å². The number of ether oxygens (including phenoxy) is 3. The molecular weight excluding hydrogens is 350 g/mol. The summed E-state index contributed by atoms with van der Waals surface area (Å²) in [5.41, 5.74) is 1.47. The average molecular weight is 368 g/mol. The molecular formula is C16H18ClN3O5. The highest BCUT2D eigenvalue weighted by Gasteiger charge is 2.40. The lowest BCUT2D eigenvalue weighted by Crippen LogP contribution is -2.25. The van der Waals surface area contributed by atoms with Crippen molar-refractivity contribution in [2.24, 2.45) is 0 Å². The molecule has 0 radical (unpaired) electrons. The highest BCUT2D eigenvalue weighted by atomic mass is 35.5. The third kappa shape index (κ3) is 3.74. The molecule has 1 unspecified atom stereocenters. The number of aromatic nitrogens is 3. The average Bonchev–Trinajstić information content (AvgIpc) is 3.08. The largest absolute Gasteiger partial charge is 0.463 e. The van der Waals surface area contributed by atoms with Gasteiger partial charge in [0.1, 0.15) is 11.8 Å². The van der Waals surface area contributed by atoms with Crippen molar-refractivity contribution >= 4 is 34.6 Å². The molecule has 8 nitrogen and oxygen atoms in total. The van der Waals surface area contributed by atoms with Gasteiger partial charge < -0.3 is 14.2 Å². The van der Waals surface area contributed by atoms with Crippen LogP contribution in [0.1, 0.15) is 32.1 Å². The van der Waals surface area contributed by atoms with Crippen molar-refractivity contribution in [1.82, 2.24) is 14.8 Å². The zero-order valence-electron chi connectivity index (χ0n) is 14.1.